The third-order valence-corrected chi connectivity index (χ3v) is 10.3. The van der Waals surface area contributed by atoms with Gasteiger partial charge < -0.3 is 0 Å². The van der Waals surface area contributed by atoms with Crippen LogP contribution in [0.5, 0.6) is 0 Å². The quantitative estimate of drug-likeness (QED) is 0.565. The molecule has 1 rings (SSSR count). The number of hydrogen-bond donors (Lipinski definition) is 0. The SMILES string of the molecule is C=C[CH](COCc1ccccc1)[Sn]([CH3])([CH3])[CH3]. The summed E-state index contributed by atoms with van der Waals surface area (Å²) >= 11 is -1.88. The second-order valence-corrected chi connectivity index (χ2v) is 20.8. The third-order valence-electron chi connectivity index (χ3n) is 2.81. The minimum atomic E-state index is -1.88. The van der Waals surface area contributed by atoms with Crippen molar-refractivity contribution >= 4 is 18.4 Å². The molecule has 0 fully saturated rings. The summed E-state index contributed by atoms with van der Waals surface area (Å²) in [6.45, 7) is 5.47. The summed E-state index contributed by atoms with van der Waals surface area (Å²) in [7, 11) is 0. The first kappa shape index (κ1) is 13.8. The van der Waals surface area contributed by atoms with Gasteiger partial charge >= 0.3 is 104 Å². The Morgan fingerprint density at radius 1 is 1.25 bits per heavy atom. The minimum absolute atomic E-state index is 0.609. The van der Waals surface area contributed by atoms with Crippen LogP contribution in [0.25, 0.3) is 0 Å². The van der Waals surface area contributed by atoms with Crippen LogP contribution in [0.4, 0.5) is 0 Å². The van der Waals surface area contributed by atoms with Crippen LogP contribution in [0.2, 0.25) is 18.8 Å². The molecule has 16 heavy (non-hydrogen) atoms. The van der Waals surface area contributed by atoms with Gasteiger partial charge in [0, 0.05) is 0 Å². The van der Waals surface area contributed by atoms with E-state index in [-0.39, 0.29) is 0 Å². The van der Waals surface area contributed by atoms with Crippen LogP contribution in [0.15, 0.2) is 43.0 Å². The van der Waals surface area contributed by atoms with Gasteiger partial charge in [-0.05, 0) is 0 Å². The van der Waals surface area contributed by atoms with E-state index >= 15 is 0 Å². The van der Waals surface area contributed by atoms with Crippen LogP contribution in [0.1, 0.15) is 5.56 Å². The van der Waals surface area contributed by atoms with Crippen LogP contribution >= 0.6 is 0 Å². The second-order valence-electron chi connectivity index (χ2n) is 5.21. The summed E-state index contributed by atoms with van der Waals surface area (Å²) in [5, 5.41) is 0. The standard InChI is InChI=1S/C11H13O.3CH3.Sn/c1-2-3-9-12-10-11-7-5-4-6-8-11;;;;/h2-8H,1,9-10H2;3*1H3;. The molecule has 0 radical (unpaired) electrons. The number of rotatable bonds is 6. The summed E-state index contributed by atoms with van der Waals surface area (Å²) in [4.78, 5) is 7.27. The van der Waals surface area contributed by atoms with Gasteiger partial charge in [0.05, 0.1) is 0 Å². The molecule has 1 nitrogen and oxygen atoms in total. The number of hydrogen-bond acceptors (Lipinski definition) is 1. The Kier molecular flexibility index (Phi) is 5.56. The molecule has 0 aliphatic rings. The summed E-state index contributed by atoms with van der Waals surface area (Å²) in [6, 6.07) is 10.3. The first-order valence-electron chi connectivity index (χ1n) is 5.78. The Morgan fingerprint density at radius 2 is 1.88 bits per heavy atom. The van der Waals surface area contributed by atoms with Gasteiger partial charge in [0.15, 0.2) is 0 Å². The molecule has 0 aromatic heterocycles. The van der Waals surface area contributed by atoms with Crippen molar-refractivity contribution in [3.63, 3.8) is 0 Å². The van der Waals surface area contributed by atoms with E-state index in [1.807, 2.05) is 18.2 Å². The molecule has 0 aliphatic carbocycles. The Bertz CT molecular complexity index is 313. The molecule has 88 valence electrons. The van der Waals surface area contributed by atoms with Gasteiger partial charge in [-0.1, -0.05) is 0 Å². The average Bonchev–Trinajstić information content (AvgIpc) is 2.24. The van der Waals surface area contributed by atoms with Gasteiger partial charge in [0.25, 0.3) is 0 Å². The van der Waals surface area contributed by atoms with Gasteiger partial charge in [-0.2, -0.15) is 0 Å². The van der Waals surface area contributed by atoms with Crippen LogP contribution < -0.4 is 0 Å². The first-order valence-corrected chi connectivity index (χ1v) is 16.0. The molecule has 1 aromatic carbocycles. The Balaban J connectivity index is 2.38. The number of ether oxygens (including phenoxy) is 1. The number of benzene rings is 1. The molecule has 0 amide bonds. The molecular formula is C14H22OSn. The zero-order valence-corrected chi connectivity index (χ0v) is 13.4. The van der Waals surface area contributed by atoms with Crippen molar-refractivity contribution in [3.05, 3.63) is 48.6 Å². The van der Waals surface area contributed by atoms with Crippen molar-refractivity contribution in [3.8, 4) is 0 Å². The summed E-state index contributed by atoms with van der Waals surface area (Å²) < 4.78 is 6.39. The Labute approximate surface area is 103 Å². The van der Waals surface area contributed by atoms with Crippen molar-refractivity contribution in [1.29, 1.82) is 0 Å². The normalized spacial score (nSPS) is 13.4. The Hall–Kier alpha value is -0.281. The van der Waals surface area contributed by atoms with Gasteiger partial charge in [0.2, 0.25) is 0 Å². The fraction of sp³-hybridized carbons (Fsp3) is 0.429. The van der Waals surface area contributed by atoms with Gasteiger partial charge in [-0.15, -0.1) is 0 Å². The van der Waals surface area contributed by atoms with Crippen LogP contribution in [-0.4, -0.2) is 25.0 Å². The molecule has 2 heteroatoms. The van der Waals surface area contributed by atoms with E-state index in [9.17, 15) is 0 Å². The molecule has 0 spiro atoms. The predicted molar refractivity (Wildman–Crippen MR) is 73.4 cm³/mol. The average molecular weight is 325 g/mol. The monoisotopic (exact) mass is 326 g/mol. The summed E-state index contributed by atoms with van der Waals surface area (Å²) in [5.41, 5.74) is 1.24. The van der Waals surface area contributed by atoms with E-state index < -0.39 is 18.4 Å². The zero-order chi connectivity index (χ0) is 12.0. The van der Waals surface area contributed by atoms with Crippen LogP contribution in [-0.2, 0) is 11.3 Å². The molecule has 0 N–H and O–H groups in total. The summed E-state index contributed by atoms with van der Waals surface area (Å²) in [6.07, 6.45) is 2.08. The fourth-order valence-electron chi connectivity index (χ4n) is 1.55. The van der Waals surface area contributed by atoms with Crippen molar-refractivity contribution < 1.29 is 4.74 Å². The molecule has 0 saturated heterocycles. The first-order chi connectivity index (χ1) is 7.54. The maximum absolute atomic E-state index is 5.78. The van der Waals surface area contributed by atoms with E-state index in [2.05, 4.69) is 39.6 Å². The van der Waals surface area contributed by atoms with Gasteiger partial charge in [-0.3, -0.25) is 0 Å². The summed E-state index contributed by atoms with van der Waals surface area (Å²) in [5.74, 6) is 0. The molecule has 0 aliphatic heterocycles. The fourth-order valence-corrected chi connectivity index (χ4v) is 5.33. The van der Waals surface area contributed by atoms with E-state index in [4.69, 9.17) is 4.74 Å². The van der Waals surface area contributed by atoms with Crippen molar-refractivity contribution in [1.82, 2.24) is 0 Å². The van der Waals surface area contributed by atoms with Crippen molar-refractivity contribution in [2.45, 2.75) is 25.4 Å². The second kappa shape index (κ2) is 6.45. The molecule has 0 saturated carbocycles. The molecule has 1 atom stereocenters. The molecule has 0 bridgehead atoms. The van der Waals surface area contributed by atoms with E-state index in [1.54, 1.807) is 0 Å². The molecule has 1 aromatic rings. The molecule has 0 heterocycles. The Morgan fingerprint density at radius 3 is 2.38 bits per heavy atom. The topological polar surface area (TPSA) is 9.23 Å². The van der Waals surface area contributed by atoms with E-state index in [1.165, 1.54) is 5.56 Å². The third kappa shape index (κ3) is 4.70. The van der Waals surface area contributed by atoms with Crippen molar-refractivity contribution in [2.24, 2.45) is 0 Å². The van der Waals surface area contributed by atoms with Crippen LogP contribution in [0, 0.1) is 0 Å². The van der Waals surface area contributed by atoms with E-state index in [0.29, 0.717) is 10.5 Å². The van der Waals surface area contributed by atoms with E-state index in [0.717, 1.165) is 6.61 Å². The van der Waals surface area contributed by atoms with Gasteiger partial charge in [0.1, 0.15) is 0 Å². The molecule has 1 unspecified atom stereocenters. The maximum atomic E-state index is 5.78. The van der Waals surface area contributed by atoms with Crippen molar-refractivity contribution in [2.75, 3.05) is 6.61 Å². The predicted octanol–water partition coefficient (Wildman–Crippen LogP) is 4.10. The molecular weight excluding hydrogens is 303 g/mol. The van der Waals surface area contributed by atoms with Crippen LogP contribution in [0.3, 0.4) is 0 Å². The zero-order valence-electron chi connectivity index (χ0n) is 10.6. The van der Waals surface area contributed by atoms with Gasteiger partial charge in [-0.25, -0.2) is 0 Å².